The summed E-state index contributed by atoms with van der Waals surface area (Å²) in [5.74, 6) is -2.02. The lowest BCUT2D eigenvalue weighted by molar-refractivity contribution is -0.141. The van der Waals surface area contributed by atoms with Crippen molar-refractivity contribution < 1.29 is 40.7 Å². The van der Waals surface area contributed by atoms with Gasteiger partial charge in [0.25, 0.3) is 11.8 Å². The lowest BCUT2D eigenvalue weighted by Crippen LogP contribution is -2.21. The minimum atomic E-state index is -4.93. The average Bonchev–Trinajstić information content (AvgIpc) is 3.53. The maximum atomic E-state index is 13.7. The summed E-state index contributed by atoms with van der Waals surface area (Å²) in [6, 6.07) is 21.4. The van der Waals surface area contributed by atoms with Crippen LogP contribution in [0.15, 0.2) is 103 Å². The molecule has 2 N–H and O–H groups in total. The molecule has 6 rings (SSSR count). The number of aromatic nitrogens is 3. The monoisotopic (exact) mass is 729 g/mol. The zero-order valence-corrected chi connectivity index (χ0v) is 26.4. The number of rotatable bonds is 7. The quantitative estimate of drug-likeness (QED) is 0.159. The molecular formula is C34H19Cl2F6N5O3. The number of amides is 2. The number of pyridine rings is 1. The maximum Gasteiger partial charge on any atom is 0.435 e. The van der Waals surface area contributed by atoms with Crippen LogP contribution in [0.25, 0.3) is 16.6 Å². The van der Waals surface area contributed by atoms with Crippen LogP contribution in [0.1, 0.15) is 32.1 Å². The lowest BCUT2D eigenvalue weighted by atomic mass is 10.0. The van der Waals surface area contributed by atoms with Crippen molar-refractivity contribution >= 4 is 57.2 Å². The van der Waals surface area contributed by atoms with Gasteiger partial charge in [-0.05, 0) is 66.0 Å². The van der Waals surface area contributed by atoms with Crippen LogP contribution >= 0.6 is 23.2 Å². The van der Waals surface area contributed by atoms with E-state index in [1.807, 2.05) is 0 Å². The van der Waals surface area contributed by atoms with Crippen molar-refractivity contribution in [1.29, 1.82) is 0 Å². The summed E-state index contributed by atoms with van der Waals surface area (Å²) in [7, 11) is 0. The Morgan fingerprint density at radius 1 is 0.740 bits per heavy atom. The number of hydrogen-bond acceptors (Lipinski definition) is 5. The van der Waals surface area contributed by atoms with Crippen LogP contribution in [0.3, 0.4) is 0 Å². The minimum Gasteiger partial charge on any atom is -0.457 e. The Hall–Kier alpha value is -5.60. The van der Waals surface area contributed by atoms with Crippen LogP contribution in [0.2, 0.25) is 10.0 Å². The molecule has 254 valence electrons. The number of alkyl halides is 6. The molecule has 0 aliphatic rings. The average molecular weight is 730 g/mol. The van der Waals surface area contributed by atoms with Crippen molar-refractivity contribution in [1.82, 2.24) is 14.8 Å². The zero-order chi connectivity index (χ0) is 35.8. The van der Waals surface area contributed by atoms with Crippen molar-refractivity contribution in [2.24, 2.45) is 0 Å². The Balaban J connectivity index is 1.31. The first-order valence-corrected chi connectivity index (χ1v) is 15.0. The highest BCUT2D eigenvalue weighted by Crippen LogP contribution is 2.37. The number of ether oxygens (including phenoxy) is 1. The minimum absolute atomic E-state index is 0.0585. The second-order valence-corrected chi connectivity index (χ2v) is 11.3. The van der Waals surface area contributed by atoms with Gasteiger partial charge < -0.3 is 15.4 Å². The molecule has 0 unspecified atom stereocenters. The molecule has 0 bridgehead atoms. The van der Waals surface area contributed by atoms with Gasteiger partial charge in [0.1, 0.15) is 17.2 Å². The van der Waals surface area contributed by atoms with Crippen molar-refractivity contribution in [2.45, 2.75) is 12.4 Å². The van der Waals surface area contributed by atoms with Gasteiger partial charge in [-0.2, -0.15) is 31.4 Å². The van der Waals surface area contributed by atoms with Crippen molar-refractivity contribution in [3.05, 3.63) is 136 Å². The van der Waals surface area contributed by atoms with E-state index in [0.29, 0.717) is 21.5 Å². The van der Waals surface area contributed by atoms with Crippen LogP contribution in [0.4, 0.5) is 37.7 Å². The lowest BCUT2D eigenvalue weighted by Gasteiger charge is -2.16. The Bertz CT molecular complexity index is 2260. The molecule has 8 nitrogen and oxygen atoms in total. The third-order valence-electron chi connectivity index (χ3n) is 7.15. The van der Waals surface area contributed by atoms with Gasteiger partial charge in [0.2, 0.25) is 0 Å². The summed E-state index contributed by atoms with van der Waals surface area (Å²) < 4.78 is 86.6. The molecule has 2 aromatic heterocycles. The van der Waals surface area contributed by atoms with E-state index in [-0.39, 0.29) is 44.3 Å². The maximum absolute atomic E-state index is 13.7. The standard InChI is InChI=1S/C34H19Cl2F6N5O3/c35-25-9-4-14-43-30(25)47-26(17-27(46-47)34(40,41)42)32(49)45-29-24(15-18-5-1-2-8-23(18)28(29)36)31(48)44-20-10-12-21(13-11-20)50-22-7-3-6-19(16-22)33(37,38)39/h1-17H,(H,44,48)(H,45,49). The van der Waals surface area contributed by atoms with E-state index < -0.39 is 41.1 Å². The number of carbonyl (C=O) groups excluding carboxylic acids is 2. The van der Waals surface area contributed by atoms with Crippen molar-refractivity contribution in [3.63, 3.8) is 0 Å². The van der Waals surface area contributed by atoms with Crippen molar-refractivity contribution in [3.8, 4) is 17.3 Å². The van der Waals surface area contributed by atoms with Gasteiger partial charge in [-0.25, -0.2) is 9.67 Å². The van der Waals surface area contributed by atoms with Crippen LogP contribution in [-0.2, 0) is 12.4 Å². The molecule has 0 aliphatic carbocycles. The molecule has 6 aromatic rings. The second-order valence-electron chi connectivity index (χ2n) is 10.5. The first-order chi connectivity index (χ1) is 23.7. The van der Waals surface area contributed by atoms with E-state index in [1.54, 1.807) is 24.3 Å². The Morgan fingerprint density at radius 3 is 2.18 bits per heavy atom. The van der Waals surface area contributed by atoms with Gasteiger partial charge in [0.15, 0.2) is 11.5 Å². The molecule has 0 saturated carbocycles. The second kappa shape index (κ2) is 13.4. The molecular weight excluding hydrogens is 711 g/mol. The Morgan fingerprint density at radius 2 is 1.48 bits per heavy atom. The fourth-order valence-corrected chi connectivity index (χ4v) is 5.36. The van der Waals surface area contributed by atoms with Crippen molar-refractivity contribution in [2.75, 3.05) is 10.6 Å². The van der Waals surface area contributed by atoms with E-state index in [1.165, 1.54) is 60.8 Å². The first-order valence-electron chi connectivity index (χ1n) is 14.3. The summed E-state index contributed by atoms with van der Waals surface area (Å²) in [4.78, 5) is 31.3. The first kappa shape index (κ1) is 34.3. The molecule has 4 aromatic carbocycles. The van der Waals surface area contributed by atoms with Crippen LogP contribution in [0, 0.1) is 0 Å². The van der Waals surface area contributed by atoms with Gasteiger partial charge in [-0.15, -0.1) is 0 Å². The summed E-state index contributed by atoms with van der Waals surface area (Å²) in [6.07, 6.45) is -8.23. The molecule has 0 saturated heterocycles. The number of hydrogen-bond donors (Lipinski definition) is 2. The number of halogens is 8. The summed E-state index contributed by atoms with van der Waals surface area (Å²) in [6.45, 7) is 0. The molecule has 2 amide bonds. The SMILES string of the molecule is O=C(Nc1ccc(Oc2cccc(C(F)(F)F)c2)cc1)c1cc2ccccc2c(Cl)c1NC(=O)c1cc(C(F)(F)F)nn1-c1ncccc1Cl. The Kier molecular flexibility index (Phi) is 9.16. The molecule has 16 heteroatoms. The molecule has 0 atom stereocenters. The third-order valence-corrected chi connectivity index (χ3v) is 7.84. The number of nitrogens with zero attached hydrogens (tertiary/aromatic N) is 3. The predicted molar refractivity (Wildman–Crippen MR) is 174 cm³/mol. The largest absolute Gasteiger partial charge is 0.457 e. The van der Waals surface area contributed by atoms with E-state index in [2.05, 4.69) is 20.7 Å². The van der Waals surface area contributed by atoms with E-state index in [4.69, 9.17) is 27.9 Å². The third kappa shape index (κ3) is 7.21. The van der Waals surface area contributed by atoms with E-state index >= 15 is 0 Å². The molecule has 2 heterocycles. The van der Waals surface area contributed by atoms with Gasteiger partial charge in [-0.1, -0.05) is 53.5 Å². The predicted octanol–water partition coefficient (Wildman–Crippen LogP) is 10.1. The highest BCUT2D eigenvalue weighted by Gasteiger charge is 2.37. The smallest absolute Gasteiger partial charge is 0.435 e. The Labute approximate surface area is 288 Å². The highest BCUT2D eigenvalue weighted by molar-refractivity contribution is 6.40. The van der Waals surface area contributed by atoms with Crippen LogP contribution in [0.5, 0.6) is 11.5 Å². The zero-order valence-electron chi connectivity index (χ0n) is 24.9. The molecule has 0 fully saturated rings. The number of carbonyl (C=O) groups is 2. The van der Waals surface area contributed by atoms with Crippen LogP contribution in [-0.4, -0.2) is 26.6 Å². The molecule has 0 aliphatic heterocycles. The topological polar surface area (TPSA) is 98.1 Å². The molecule has 50 heavy (non-hydrogen) atoms. The van der Waals surface area contributed by atoms with E-state index in [9.17, 15) is 35.9 Å². The summed E-state index contributed by atoms with van der Waals surface area (Å²) >= 11 is 12.9. The van der Waals surface area contributed by atoms with Gasteiger partial charge >= 0.3 is 12.4 Å². The number of benzene rings is 4. The number of fused-ring (bicyclic) bond motifs is 1. The number of nitrogens with one attached hydrogen (secondary N) is 2. The van der Waals surface area contributed by atoms with Gasteiger partial charge in [0, 0.05) is 23.3 Å². The fraction of sp³-hybridized carbons (Fsp3) is 0.0588. The molecule has 0 spiro atoms. The highest BCUT2D eigenvalue weighted by atomic mass is 35.5. The van der Waals surface area contributed by atoms with E-state index in [0.717, 1.165) is 12.1 Å². The fourth-order valence-electron chi connectivity index (χ4n) is 4.83. The summed E-state index contributed by atoms with van der Waals surface area (Å²) in [5, 5.41) is 9.40. The normalized spacial score (nSPS) is 11.8. The summed E-state index contributed by atoms with van der Waals surface area (Å²) in [5.41, 5.74) is -3.03. The molecule has 0 radical (unpaired) electrons. The van der Waals surface area contributed by atoms with Gasteiger partial charge in [-0.3, -0.25) is 9.59 Å². The van der Waals surface area contributed by atoms with Gasteiger partial charge in [0.05, 0.1) is 26.9 Å². The van der Waals surface area contributed by atoms with Crippen LogP contribution < -0.4 is 15.4 Å². The number of anilines is 2.